The number of nitrogens with zero attached hydrogens (tertiary/aromatic N) is 2. The van der Waals surface area contributed by atoms with E-state index in [-0.39, 0.29) is 17.9 Å². The molecule has 0 aliphatic heterocycles. The summed E-state index contributed by atoms with van der Waals surface area (Å²) < 4.78 is 2.13. The lowest BCUT2D eigenvalue weighted by Gasteiger charge is -2.22. The zero-order valence-corrected chi connectivity index (χ0v) is 11.6. The van der Waals surface area contributed by atoms with Crippen molar-refractivity contribution in [1.29, 1.82) is 0 Å². The molecule has 1 heterocycles. The van der Waals surface area contributed by atoms with E-state index in [2.05, 4.69) is 21.9 Å². The summed E-state index contributed by atoms with van der Waals surface area (Å²) in [6, 6.07) is 7.99. The Morgan fingerprint density at radius 3 is 2.74 bits per heavy atom. The maximum atomic E-state index is 11.7. The number of aromatic nitrogens is 2. The number of fused-ring (bicyclic) bond motifs is 1. The van der Waals surface area contributed by atoms with Gasteiger partial charge in [-0.1, -0.05) is 26.0 Å². The van der Waals surface area contributed by atoms with Crippen LogP contribution in [0.2, 0.25) is 0 Å². The molecule has 5 heteroatoms. The van der Waals surface area contributed by atoms with Gasteiger partial charge in [0.05, 0.1) is 17.0 Å². The Bertz CT molecular complexity index is 590. The Kier molecular flexibility index (Phi) is 3.85. The summed E-state index contributed by atoms with van der Waals surface area (Å²) in [5, 5.41) is 0. The lowest BCUT2D eigenvalue weighted by atomic mass is 10.0. The molecule has 2 unspecified atom stereocenters. The van der Waals surface area contributed by atoms with E-state index < -0.39 is 0 Å². The van der Waals surface area contributed by atoms with Crippen LogP contribution >= 0.6 is 0 Å². The number of imidazole rings is 1. The fourth-order valence-electron chi connectivity index (χ4n) is 2.37. The van der Waals surface area contributed by atoms with Crippen LogP contribution in [0.15, 0.2) is 24.3 Å². The molecule has 0 aliphatic carbocycles. The summed E-state index contributed by atoms with van der Waals surface area (Å²) in [6.07, 6.45) is 0.829. The van der Waals surface area contributed by atoms with Crippen molar-refractivity contribution in [2.45, 2.75) is 33.2 Å². The van der Waals surface area contributed by atoms with Crippen molar-refractivity contribution in [1.82, 2.24) is 15.0 Å². The first-order chi connectivity index (χ1) is 9.10. The molecule has 0 bridgehead atoms. The van der Waals surface area contributed by atoms with Crippen LogP contribution < -0.4 is 11.3 Å². The highest BCUT2D eigenvalue weighted by atomic mass is 16.2. The van der Waals surface area contributed by atoms with Gasteiger partial charge in [0.15, 0.2) is 0 Å². The molecule has 0 saturated heterocycles. The number of nitrogens with one attached hydrogen (secondary N) is 1. The molecule has 5 nitrogen and oxygen atoms in total. The summed E-state index contributed by atoms with van der Waals surface area (Å²) in [7, 11) is 0. The molecule has 0 spiro atoms. The highest BCUT2D eigenvalue weighted by molar-refractivity contribution is 5.79. The molecule has 2 aromatic rings. The molecule has 2 rings (SSSR count). The summed E-state index contributed by atoms with van der Waals surface area (Å²) in [5.41, 5.74) is 4.24. The first-order valence-electron chi connectivity index (χ1n) is 6.56. The Morgan fingerprint density at radius 1 is 1.42 bits per heavy atom. The minimum Gasteiger partial charge on any atom is -0.324 e. The monoisotopic (exact) mass is 260 g/mol. The van der Waals surface area contributed by atoms with Gasteiger partial charge in [-0.15, -0.1) is 0 Å². The standard InChI is InChI=1S/C14H20N4O/c1-4-13-16-11-7-5-6-8-12(11)18(13)10(3)9(2)14(19)17-15/h5-10H,4,15H2,1-3H3,(H,17,19). The van der Waals surface area contributed by atoms with E-state index in [1.807, 2.05) is 38.1 Å². The minimum atomic E-state index is -0.215. The van der Waals surface area contributed by atoms with Gasteiger partial charge in [0.25, 0.3) is 0 Å². The molecule has 1 aromatic heterocycles. The smallest absolute Gasteiger partial charge is 0.238 e. The lowest BCUT2D eigenvalue weighted by Crippen LogP contribution is -2.38. The molecule has 0 saturated carbocycles. The maximum absolute atomic E-state index is 11.7. The van der Waals surface area contributed by atoms with Crippen molar-refractivity contribution in [2.24, 2.45) is 11.8 Å². The van der Waals surface area contributed by atoms with Gasteiger partial charge < -0.3 is 4.57 Å². The Morgan fingerprint density at radius 2 is 2.11 bits per heavy atom. The van der Waals surface area contributed by atoms with Crippen molar-refractivity contribution >= 4 is 16.9 Å². The van der Waals surface area contributed by atoms with Crippen molar-refractivity contribution in [2.75, 3.05) is 0 Å². The predicted octanol–water partition coefficient (Wildman–Crippen LogP) is 1.79. The van der Waals surface area contributed by atoms with E-state index in [0.29, 0.717) is 0 Å². The fourth-order valence-corrected chi connectivity index (χ4v) is 2.37. The minimum absolute atomic E-state index is 0.00546. The van der Waals surface area contributed by atoms with Gasteiger partial charge in [-0.3, -0.25) is 10.2 Å². The third-order valence-electron chi connectivity index (χ3n) is 3.67. The number of hydrogen-bond acceptors (Lipinski definition) is 3. The zero-order valence-electron chi connectivity index (χ0n) is 11.6. The largest absolute Gasteiger partial charge is 0.324 e. The Hall–Kier alpha value is -1.88. The summed E-state index contributed by atoms with van der Waals surface area (Å²) in [6.45, 7) is 5.96. The number of aryl methyl sites for hydroxylation is 1. The predicted molar refractivity (Wildman–Crippen MR) is 75.3 cm³/mol. The van der Waals surface area contributed by atoms with Crippen LogP contribution in [-0.2, 0) is 11.2 Å². The number of nitrogens with two attached hydrogens (primary N) is 1. The number of amides is 1. The number of rotatable bonds is 4. The molecule has 3 N–H and O–H groups in total. The van der Waals surface area contributed by atoms with Crippen LogP contribution in [0.1, 0.15) is 32.6 Å². The third kappa shape index (κ3) is 2.33. The van der Waals surface area contributed by atoms with Gasteiger partial charge in [-0.2, -0.15) is 0 Å². The number of hydrogen-bond donors (Lipinski definition) is 2. The first kappa shape index (κ1) is 13.5. The van der Waals surface area contributed by atoms with Crippen LogP contribution in [0.25, 0.3) is 11.0 Å². The molecule has 102 valence electrons. The van der Waals surface area contributed by atoms with E-state index in [1.165, 1.54) is 0 Å². The molecule has 0 fully saturated rings. The van der Waals surface area contributed by atoms with Gasteiger partial charge in [0.1, 0.15) is 5.82 Å². The average molecular weight is 260 g/mol. The van der Waals surface area contributed by atoms with Gasteiger partial charge in [0.2, 0.25) is 5.91 Å². The van der Waals surface area contributed by atoms with E-state index in [9.17, 15) is 4.79 Å². The molecule has 1 aromatic carbocycles. The van der Waals surface area contributed by atoms with Gasteiger partial charge in [-0.05, 0) is 19.1 Å². The normalized spacial score (nSPS) is 14.3. The van der Waals surface area contributed by atoms with Gasteiger partial charge in [-0.25, -0.2) is 10.8 Å². The van der Waals surface area contributed by atoms with Crippen molar-refractivity contribution in [3.63, 3.8) is 0 Å². The van der Waals surface area contributed by atoms with E-state index in [1.54, 1.807) is 0 Å². The highest BCUT2D eigenvalue weighted by Crippen LogP contribution is 2.26. The maximum Gasteiger partial charge on any atom is 0.238 e. The molecule has 19 heavy (non-hydrogen) atoms. The summed E-state index contributed by atoms with van der Waals surface area (Å²) in [4.78, 5) is 16.3. The number of benzene rings is 1. The second-order valence-electron chi connectivity index (χ2n) is 4.78. The highest BCUT2D eigenvalue weighted by Gasteiger charge is 2.24. The van der Waals surface area contributed by atoms with Crippen LogP contribution in [-0.4, -0.2) is 15.5 Å². The Labute approximate surface area is 112 Å². The topological polar surface area (TPSA) is 72.9 Å². The van der Waals surface area contributed by atoms with Crippen LogP contribution in [0, 0.1) is 5.92 Å². The summed E-state index contributed by atoms with van der Waals surface area (Å²) in [5.74, 6) is 5.84. The van der Waals surface area contributed by atoms with Crippen LogP contribution in [0.5, 0.6) is 0 Å². The van der Waals surface area contributed by atoms with Crippen molar-refractivity contribution in [3.05, 3.63) is 30.1 Å². The second-order valence-corrected chi connectivity index (χ2v) is 4.78. The second kappa shape index (κ2) is 5.40. The number of carbonyl (C=O) groups excluding carboxylic acids is 1. The molecule has 0 radical (unpaired) electrons. The third-order valence-corrected chi connectivity index (χ3v) is 3.67. The molecular formula is C14H20N4O. The molecule has 2 atom stereocenters. The van der Waals surface area contributed by atoms with E-state index >= 15 is 0 Å². The summed E-state index contributed by atoms with van der Waals surface area (Å²) >= 11 is 0. The van der Waals surface area contributed by atoms with Crippen LogP contribution in [0.3, 0.4) is 0 Å². The SMILES string of the molecule is CCc1nc2ccccc2n1C(C)C(C)C(=O)NN. The number of hydrazine groups is 1. The average Bonchev–Trinajstić information content (AvgIpc) is 2.83. The fraction of sp³-hybridized carbons (Fsp3) is 0.429. The number of para-hydroxylation sites is 2. The molecular weight excluding hydrogens is 240 g/mol. The van der Waals surface area contributed by atoms with Crippen molar-refractivity contribution < 1.29 is 4.79 Å². The molecule has 1 amide bonds. The van der Waals surface area contributed by atoms with Gasteiger partial charge >= 0.3 is 0 Å². The van der Waals surface area contributed by atoms with E-state index in [0.717, 1.165) is 23.3 Å². The van der Waals surface area contributed by atoms with E-state index in [4.69, 9.17) is 5.84 Å². The Balaban J connectivity index is 2.51. The van der Waals surface area contributed by atoms with Crippen molar-refractivity contribution in [3.8, 4) is 0 Å². The molecule has 0 aliphatic rings. The van der Waals surface area contributed by atoms with Gasteiger partial charge in [0, 0.05) is 12.5 Å². The zero-order chi connectivity index (χ0) is 14.0. The first-order valence-corrected chi connectivity index (χ1v) is 6.56. The lowest BCUT2D eigenvalue weighted by molar-refractivity contribution is -0.125. The van der Waals surface area contributed by atoms with Crippen LogP contribution in [0.4, 0.5) is 0 Å². The number of carbonyl (C=O) groups is 1. The quantitative estimate of drug-likeness (QED) is 0.500.